The molecule has 3 amide bonds. The number of anilines is 1. The Kier molecular flexibility index (Phi) is 7.30. The third-order valence-electron chi connectivity index (χ3n) is 6.25. The lowest BCUT2D eigenvalue weighted by atomic mass is 9.93. The van der Waals surface area contributed by atoms with Crippen LogP contribution in [0.4, 0.5) is 5.69 Å². The van der Waals surface area contributed by atoms with Crippen LogP contribution in [0.5, 0.6) is 5.75 Å². The first kappa shape index (κ1) is 25.2. The van der Waals surface area contributed by atoms with Gasteiger partial charge in [0, 0.05) is 13.1 Å². The van der Waals surface area contributed by atoms with Crippen LogP contribution in [0.1, 0.15) is 46.8 Å². The number of benzene rings is 2. The maximum absolute atomic E-state index is 13.6. The Bertz CT molecular complexity index is 1290. The average Bonchev–Trinajstić information content (AvgIpc) is 3.30. The van der Waals surface area contributed by atoms with Crippen molar-refractivity contribution in [3.05, 3.63) is 76.8 Å². The Morgan fingerprint density at radius 1 is 1.17 bits per heavy atom. The van der Waals surface area contributed by atoms with E-state index in [-0.39, 0.29) is 23.8 Å². The predicted octanol–water partition coefficient (Wildman–Crippen LogP) is 3.74. The second kappa shape index (κ2) is 10.4. The van der Waals surface area contributed by atoms with E-state index in [1.807, 2.05) is 31.2 Å². The van der Waals surface area contributed by atoms with E-state index in [1.165, 1.54) is 11.2 Å². The van der Waals surface area contributed by atoms with Gasteiger partial charge in [0.15, 0.2) is 5.69 Å². The molecule has 0 fully saturated rings. The van der Waals surface area contributed by atoms with Crippen LogP contribution in [0.15, 0.2) is 54.9 Å². The maximum atomic E-state index is 13.6. The molecule has 1 aromatic heterocycles. The molecule has 9 nitrogen and oxygen atoms in total. The maximum Gasteiger partial charge on any atom is 0.276 e. The van der Waals surface area contributed by atoms with Crippen molar-refractivity contribution in [3.63, 3.8) is 0 Å². The van der Waals surface area contributed by atoms with Gasteiger partial charge in [-0.1, -0.05) is 42.8 Å². The van der Waals surface area contributed by atoms with Gasteiger partial charge in [0.2, 0.25) is 5.91 Å². The molecule has 0 radical (unpaired) electrons. The molecule has 2 aromatic carbocycles. The minimum absolute atomic E-state index is 0.0123. The number of rotatable bonds is 8. The van der Waals surface area contributed by atoms with Gasteiger partial charge in [0.05, 0.1) is 30.7 Å². The van der Waals surface area contributed by atoms with Crippen LogP contribution < -0.4 is 15.4 Å². The number of nitrogens with one attached hydrogen (secondary N) is 2. The number of methoxy groups -OCH3 is 1. The largest absolute Gasteiger partial charge is 0.497 e. The van der Waals surface area contributed by atoms with Gasteiger partial charge >= 0.3 is 0 Å². The lowest BCUT2D eigenvalue weighted by Crippen LogP contribution is -2.64. The van der Waals surface area contributed by atoms with Crippen molar-refractivity contribution < 1.29 is 19.1 Å². The molecule has 1 atom stereocenters. The van der Waals surface area contributed by atoms with E-state index in [2.05, 4.69) is 15.6 Å². The Morgan fingerprint density at radius 3 is 2.56 bits per heavy atom. The topological polar surface area (TPSA) is 106 Å². The molecule has 10 heteroatoms. The van der Waals surface area contributed by atoms with Gasteiger partial charge in [0.1, 0.15) is 17.0 Å². The van der Waals surface area contributed by atoms with Crippen molar-refractivity contribution in [2.75, 3.05) is 19.0 Å². The molecule has 36 heavy (non-hydrogen) atoms. The molecule has 1 aliphatic heterocycles. The summed E-state index contributed by atoms with van der Waals surface area (Å²) in [4.78, 5) is 45.8. The number of para-hydroxylation sites is 1. The number of carbonyl (C=O) groups excluding carboxylic acids is 3. The van der Waals surface area contributed by atoms with Crippen LogP contribution in [0.3, 0.4) is 0 Å². The van der Waals surface area contributed by atoms with E-state index in [1.54, 1.807) is 42.9 Å². The standard InChI is InChI=1S/C26H28ClN5O4/c1-4-13-32-24(34)22-21(23(33)30-20-8-6-5-7-19(20)27)29-16-31(22)15-26(32,2)25(35)28-14-17-9-11-18(36-3)12-10-17/h5-12,16H,4,13-15H2,1-3H3,(H,28,35)(H,30,33)/t26-/m0/s1. The van der Waals surface area contributed by atoms with Crippen LogP contribution >= 0.6 is 11.6 Å². The van der Waals surface area contributed by atoms with Gasteiger partial charge < -0.3 is 24.8 Å². The minimum Gasteiger partial charge on any atom is -0.497 e. The lowest BCUT2D eigenvalue weighted by Gasteiger charge is -2.43. The van der Waals surface area contributed by atoms with Gasteiger partial charge in [-0.3, -0.25) is 14.4 Å². The number of fused-ring (bicyclic) bond motifs is 1. The fraction of sp³-hybridized carbons (Fsp3) is 0.308. The Morgan fingerprint density at radius 2 is 1.89 bits per heavy atom. The number of imidazole rings is 1. The van der Waals surface area contributed by atoms with Crippen LogP contribution in [0, 0.1) is 0 Å². The third kappa shape index (κ3) is 4.79. The number of carbonyl (C=O) groups is 3. The summed E-state index contributed by atoms with van der Waals surface area (Å²) >= 11 is 6.16. The Hall–Kier alpha value is -3.85. The SMILES string of the molecule is CCCN1C(=O)c2c(C(=O)Nc3ccccc3Cl)ncn2C[C@@]1(C)C(=O)NCc1ccc(OC)cc1. The molecule has 4 rings (SSSR count). The summed E-state index contributed by atoms with van der Waals surface area (Å²) in [6, 6.07) is 14.2. The molecule has 0 spiro atoms. The average molecular weight is 510 g/mol. The smallest absolute Gasteiger partial charge is 0.276 e. The number of hydrogen-bond acceptors (Lipinski definition) is 5. The highest BCUT2D eigenvalue weighted by atomic mass is 35.5. The summed E-state index contributed by atoms with van der Waals surface area (Å²) < 4.78 is 6.75. The van der Waals surface area contributed by atoms with Crippen molar-refractivity contribution in [1.29, 1.82) is 0 Å². The zero-order chi connectivity index (χ0) is 25.9. The van der Waals surface area contributed by atoms with E-state index >= 15 is 0 Å². The van der Waals surface area contributed by atoms with Gasteiger partial charge in [-0.05, 0) is 43.2 Å². The molecular formula is C26H28ClN5O4. The van der Waals surface area contributed by atoms with E-state index in [0.29, 0.717) is 30.2 Å². The van der Waals surface area contributed by atoms with Gasteiger partial charge in [-0.2, -0.15) is 0 Å². The molecule has 188 valence electrons. The number of ether oxygens (including phenoxy) is 1. The normalized spacial score (nSPS) is 16.9. The molecule has 0 saturated heterocycles. The van der Waals surface area contributed by atoms with Crippen molar-refractivity contribution >= 4 is 35.0 Å². The van der Waals surface area contributed by atoms with Gasteiger partial charge in [0.25, 0.3) is 11.8 Å². The van der Waals surface area contributed by atoms with Crippen LogP contribution in [-0.4, -0.2) is 51.4 Å². The molecule has 0 unspecified atom stereocenters. The zero-order valence-corrected chi connectivity index (χ0v) is 21.1. The van der Waals surface area contributed by atoms with Crippen LogP contribution in [-0.2, 0) is 17.9 Å². The van der Waals surface area contributed by atoms with Crippen molar-refractivity contribution in [1.82, 2.24) is 19.8 Å². The highest BCUT2D eigenvalue weighted by Gasteiger charge is 2.48. The second-order valence-corrected chi connectivity index (χ2v) is 9.17. The molecule has 0 bridgehead atoms. The molecule has 2 N–H and O–H groups in total. The predicted molar refractivity (Wildman–Crippen MR) is 136 cm³/mol. The highest BCUT2D eigenvalue weighted by Crippen LogP contribution is 2.30. The quantitative estimate of drug-likeness (QED) is 0.481. The van der Waals surface area contributed by atoms with Crippen LogP contribution in [0.2, 0.25) is 5.02 Å². The Balaban J connectivity index is 1.57. The number of nitrogens with zero attached hydrogens (tertiary/aromatic N) is 3. The lowest BCUT2D eigenvalue weighted by molar-refractivity contribution is -0.133. The zero-order valence-electron chi connectivity index (χ0n) is 20.4. The number of amides is 3. The summed E-state index contributed by atoms with van der Waals surface area (Å²) in [6.07, 6.45) is 2.06. The first-order valence-electron chi connectivity index (χ1n) is 11.6. The minimum atomic E-state index is -1.16. The van der Waals surface area contributed by atoms with Crippen LogP contribution in [0.25, 0.3) is 0 Å². The monoisotopic (exact) mass is 509 g/mol. The van der Waals surface area contributed by atoms with Gasteiger partial charge in [-0.15, -0.1) is 0 Å². The summed E-state index contributed by atoms with van der Waals surface area (Å²) in [5.41, 5.74) is 0.292. The number of aromatic nitrogens is 2. The van der Waals surface area contributed by atoms with E-state index < -0.39 is 17.4 Å². The number of hydrogen-bond donors (Lipinski definition) is 2. The summed E-state index contributed by atoms with van der Waals surface area (Å²) in [6.45, 7) is 4.47. The van der Waals surface area contributed by atoms with E-state index in [9.17, 15) is 14.4 Å². The molecule has 3 aromatic rings. The fourth-order valence-corrected chi connectivity index (χ4v) is 4.47. The van der Waals surface area contributed by atoms with Crippen molar-refractivity contribution in [2.24, 2.45) is 0 Å². The second-order valence-electron chi connectivity index (χ2n) is 8.77. The highest BCUT2D eigenvalue weighted by molar-refractivity contribution is 6.34. The van der Waals surface area contributed by atoms with Gasteiger partial charge in [-0.25, -0.2) is 4.98 Å². The molecule has 1 aliphatic rings. The Labute approximate surface area is 214 Å². The van der Waals surface area contributed by atoms with Crippen molar-refractivity contribution in [3.8, 4) is 5.75 Å². The van der Waals surface area contributed by atoms with E-state index in [0.717, 1.165) is 11.3 Å². The van der Waals surface area contributed by atoms with Crippen molar-refractivity contribution in [2.45, 2.75) is 38.9 Å². The molecular weight excluding hydrogens is 482 g/mol. The third-order valence-corrected chi connectivity index (χ3v) is 6.57. The first-order chi connectivity index (χ1) is 17.3. The molecule has 0 saturated carbocycles. The summed E-state index contributed by atoms with van der Waals surface area (Å²) in [5.74, 6) is -0.534. The first-order valence-corrected chi connectivity index (χ1v) is 12.0. The fourth-order valence-electron chi connectivity index (χ4n) is 4.29. The number of halogens is 1. The summed E-state index contributed by atoms with van der Waals surface area (Å²) in [5, 5.41) is 6.04. The summed E-state index contributed by atoms with van der Waals surface area (Å²) in [7, 11) is 1.59. The molecule has 2 heterocycles. The molecule has 0 aliphatic carbocycles. The van der Waals surface area contributed by atoms with E-state index in [4.69, 9.17) is 16.3 Å².